The summed E-state index contributed by atoms with van der Waals surface area (Å²) >= 11 is 0. The Morgan fingerprint density at radius 1 is 1.16 bits per heavy atom. The van der Waals surface area contributed by atoms with Gasteiger partial charge in [0.1, 0.15) is 6.54 Å². The molecule has 0 radical (unpaired) electrons. The van der Waals surface area contributed by atoms with Crippen molar-refractivity contribution in [2.75, 3.05) is 13.1 Å². The Balaban J connectivity index is 1.64. The van der Waals surface area contributed by atoms with Gasteiger partial charge in [0.25, 0.3) is 0 Å². The van der Waals surface area contributed by atoms with Crippen molar-refractivity contribution in [3.05, 3.63) is 0 Å². The second-order valence-electron chi connectivity index (χ2n) is 5.32. The SMILES string of the molecule is O=C(O)CN(C(=O)CCCNC(=O)C1CC1)C1CC1. The summed E-state index contributed by atoms with van der Waals surface area (Å²) in [4.78, 5) is 35.4. The van der Waals surface area contributed by atoms with Gasteiger partial charge in [-0.1, -0.05) is 0 Å². The molecule has 106 valence electrons. The number of hydrogen-bond acceptors (Lipinski definition) is 3. The summed E-state index contributed by atoms with van der Waals surface area (Å²) in [5, 5.41) is 11.6. The van der Waals surface area contributed by atoms with Gasteiger partial charge in [-0.25, -0.2) is 0 Å². The smallest absolute Gasteiger partial charge is 0.323 e. The Kier molecular flexibility index (Phi) is 4.39. The molecule has 0 heterocycles. The maximum Gasteiger partial charge on any atom is 0.323 e. The maximum atomic E-state index is 11.9. The molecule has 0 aromatic carbocycles. The quantitative estimate of drug-likeness (QED) is 0.623. The van der Waals surface area contributed by atoms with Crippen LogP contribution in [0.3, 0.4) is 0 Å². The Morgan fingerprint density at radius 2 is 1.84 bits per heavy atom. The van der Waals surface area contributed by atoms with E-state index < -0.39 is 5.97 Å². The third-order valence-corrected chi connectivity index (χ3v) is 3.43. The highest BCUT2D eigenvalue weighted by Crippen LogP contribution is 2.29. The van der Waals surface area contributed by atoms with Crippen LogP contribution in [-0.2, 0) is 14.4 Å². The molecule has 0 spiro atoms. The monoisotopic (exact) mass is 268 g/mol. The number of rotatable bonds is 8. The van der Waals surface area contributed by atoms with Crippen LogP contribution in [0, 0.1) is 5.92 Å². The van der Waals surface area contributed by atoms with Crippen LogP contribution in [0.25, 0.3) is 0 Å². The fraction of sp³-hybridized carbons (Fsp3) is 0.769. The van der Waals surface area contributed by atoms with E-state index in [1.54, 1.807) is 0 Å². The van der Waals surface area contributed by atoms with Crippen LogP contribution in [0.4, 0.5) is 0 Å². The molecule has 6 nitrogen and oxygen atoms in total. The molecule has 6 heteroatoms. The minimum Gasteiger partial charge on any atom is -0.480 e. The number of carbonyl (C=O) groups is 3. The minimum absolute atomic E-state index is 0.0806. The van der Waals surface area contributed by atoms with Crippen LogP contribution in [0.1, 0.15) is 38.5 Å². The summed E-state index contributed by atoms with van der Waals surface area (Å²) < 4.78 is 0. The van der Waals surface area contributed by atoms with Crippen molar-refractivity contribution in [3.63, 3.8) is 0 Å². The van der Waals surface area contributed by atoms with Gasteiger partial charge in [0.05, 0.1) is 0 Å². The van der Waals surface area contributed by atoms with Gasteiger partial charge in [0.15, 0.2) is 0 Å². The summed E-state index contributed by atoms with van der Waals surface area (Å²) in [6.07, 6.45) is 4.61. The number of carbonyl (C=O) groups excluding carboxylic acids is 2. The lowest BCUT2D eigenvalue weighted by atomic mass is 10.2. The van der Waals surface area contributed by atoms with Gasteiger partial charge >= 0.3 is 5.97 Å². The normalized spacial score (nSPS) is 17.9. The molecule has 0 aromatic rings. The highest BCUT2D eigenvalue weighted by molar-refractivity contribution is 5.82. The summed E-state index contributed by atoms with van der Waals surface area (Å²) in [7, 11) is 0. The van der Waals surface area contributed by atoms with E-state index in [1.807, 2.05) is 0 Å². The molecule has 2 fully saturated rings. The number of nitrogens with zero attached hydrogens (tertiary/aromatic N) is 1. The van der Waals surface area contributed by atoms with Crippen molar-refractivity contribution in [3.8, 4) is 0 Å². The first kappa shape index (κ1) is 13.8. The zero-order valence-corrected chi connectivity index (χ0v) is 10.9. The number of nitrogens with one attached hydrogen (secondary N) is 1. The Bertz CT molecular complexity index is 375. The third kappa shape index (κ3) is 4.54. The molecular formula is C13H20N2O4. The highest BCUT2D eigenvalue weighted by Gasteiger charge is 2.33. The molecule has 2 N–H and O–H groups in total. The molecule has 2 rings (SSSR count). The van der Waals surface area contributed by atoms with Crippen LogP contribution in [-0.4, -0.2) is 46.9 Å². The van der Waals surface area contributed by atoms with Gasteiger partial charge in [0, 0.05) is 24.9 Å². The molecule has 0 saturated heterocycles. The molecule has 2 aliphatic carbocycles. The van der Waals surface area contributed by atoms with Crippen LogP contribution in [0.2, 0.25) is 0 Å². The van der Waals surface area contributed by atoms with Gasteiger partial charge in [-0.3, -0.25) is 14.4 Å². The molecule has 2 amide bonds. The molecule has 0 aromatic heterocycles. The fourth-order valence-corrected chi connectivity index (χ4v) is 2.04. The molecule has 2 aliphatic rings. The van der Waals surface area contributed by atoms with Crippen molar-refractivity contribution < 1.29 is 19.5 Å². The average Bonchev–Trinajstić information content (AvgIpc) is 3.21. The third-order valence-electron chi connectivity index (χ3n) is 3.43. The van der Waals surface area contributed by atoms with E-state index in [0.717, 1.165) is 25.7 Å². The first-order valence-electron chi connectivity index (χ1n) is 6.87. The standard InChI is InChI=1S/C13H20N2O4/c16-11(15(8-12(17)18)10-5-6-10)2-1-7-14-13(19)9-3-4-9/h9-10H,1-8H2,(H,14,19)(H,17,18). The van der Waals surface area contributed by atoms with Crippen molar-refractivity contribution in [2.24, 2.45) is 5.92 Å². The zero-order valence-electron chi connectivity index (χ0n) is 10.9. The molecule has 0 bridgehead atoms. The Hall–Kier alpha value is -1.59. The minimum atomic E-state index is -0.970. The largest absolute Gasteiger partial charge is 0.480 e. The molecule has 0 atom stereocenters. The number of aliphatic carboxylic acids is 1. The van der Waals surface area contributed by atoms with E-state index in [2.05, 4.69) is 5.32 Å². The van der Waals surface area contributed by atoms with E-state index in [0.29, 0.717) is 19.4 Å². The molecule has 19 heavy (non-hydrogen) atoms. The summed E-state index contributed by atoms with van der Waals surface area (Å²) in [6.45, 7) is 0.282. The second kappa shape index (κ2) is 6.04. The van der Waals surface area contributed by atoms with Crippen molar-refractivity contribution in [1.82, 2.24) is 10.2 Å². The molecule has 0 unspecified atom stereocenters. The van der Waals surface area contributed by atoms with Crippen LogP contribution in [0.15, 0.2) is 0 Å². The Morgan fingerprint density at radius 3 is 2.37 bits per heavy atom. The van der Waals surface area contributed by atoms with Crippen LogP contribution >= 0.6 is 0 Å². The lowest BCUT2D eigenvalue weighted by Crippen LogP contribution is -2.37. The molecule has 0 aliphatic heterocycles. The highest BCUT2D eigenvalue weighted by atomic mass is 16.4. The van der Waals surface area contributed by atoms with Crippen molar-refractivity contribution >= 4 is 17.8 Å². The lowest BCUT2D eigenvalue weighted by Gasteiger charge is -2.20. The summed E-state index contributed by atoms with van der Waals surface area (Å²) in [5.41, 5.74) is 0. The van der Waals surface area contributed by atoms with Crippen LogP contribution < -0.4 is 5.32 Å². The predicted molar refractivity (Wildman–Crippen MR) is 67.3 cm³/mol. The van der Waals surface area contributed by atoms with Gasteiger partial charge in [0.2, 0.25) is 11.8 Å². The van der Waals surface area contributed by atoms with Gasteiger partial charge in [-0.05, 0) is 32.1 Å². The summed E-state index contributed by atoms with van der Waals surface area (Å²) in [6, 6.07) is 0.115. The number of amides is 2. The number of carboxylic acid groups (broad SMARTS) is 1. The van der Waals surface area contributed by atoms with Gasteiger partial charge in [-0.15, -0.1) is 0 Å². The number of hydrogen-bond donors (Lipinski definition) is 2. The van der Waals surface area contributed by atoms with Crippen LogP contribution in [0.5, 0.6) is 0 Å². The van der Waals surface area contributed by atoms with E-state index in [9.17, 15) is 14.4 Å². The fourth-order valence-electron chi connectivity index (χ4n) is 2.04. The first-order chi connectivity index (χ1) is 9.08. The van der Waals surface area contributed by atoms with Crippen molar-refractivity contribution in [1.29, 1.82) is 0 Å². The first-order valence-corrected chi connectivity index (χ1v) is 6.87. The van der Waals surface area contributed by atoms with Crippen molar-refractivity contribution in [2.45, 2.75) is 44.6 Å². The van der Waals surface area contributed by atoms with E-state index in [-0.39, 0.29) is 30.3 Å². The van der Waals surface area contributed by atoms with E-state index in [4.69, 9.17) is 5.11 Å². The van der Waals surface area contributed by atoms with E-state index >= 15 is 0 Å². The zero-order chi connectivity index (χ0) is 13.8. The average molecular weight is 268 g/mol. The maximum absolute atomic E-state index is 11.9. The van der Waals surface area contributed by atoms with Gasteiger partial charge in [-0.2, -0.15) is 0 Å². The topological polar surface area (TPSA) is 86.7 Å². The van der Waals surface area contributed by atoms with E-state index in [1.165, 1.54) is 4.90 Å². The lowest BCUT2D eigenvalue weighted by molar-refractivity contribution is -0.144. The summed E-state index contributed by atoms with van der Waals surface area (Å²) in [5.74, 6) is -0.824. The predicted octanol–water partition coefficient (Wildman–Crippen LogP) is 0.368. The van der Waals surface area contributed by atoms with Gasteiger partial charge < -0.3 is 15.3 Å². The molecule has 2 saturated carbocycles. The Labute approximate surface area is 112 Å². The second-order valence-corrected chi connectivity index (χ2v) is 5.32. The molecular weight excluding hydrogens is 248 g/mol. The number of carboxylic acids is 1.